The molecule has 0 aromatic heterocycles. The maximum absolute atomic E-state index is 13.6. The summed E-state index contributed by atoms with van der Waals surface area (Å²) in [6.45, 7) is 2.34. The lowest BCUT2D eigenvalue weighted by atomic mass is 10.2. The highest BCUT2D eigenvalue weighted by molar-refractivity contribution is 5.80. The lowest BCUT2D eigenvalue weighted by molar-refractivity contribution is 0.111. The van der Waals surface area contributed by atoms with Gasteiger partial charge in [-0.15, -0.1) is 0 Å². The fourth-order valence-electron chi connectivity index (χ4n) is 1.17. The molecule has 0 radical (unpaired) electrons. The topological polar surface area (TPSA) is 35.5 Å². The molecule has 0 N–H and O–H groups in total. The molecule has 0 saturated heterocycles. The van der Waals surface area contributed by atoms with Crippen LogP contribution in [0, 0.1) is 5.82 Å². The van der Waals surface area contributed by atoms with Gasteiger partial charge >= 0.3 is 0 Å². The standard InChI is InChI=1S/C11H13FO3/c1-3-6-15-10-5-4-9(14-2)8(7-13)11(10)12/h4-5,7H,3,6H2,1-2H3. The molecular formula is C11H13FO3. The minimum absolute atomic E-state index is 0.0831. The maximum Gasteiger partial charge on any atom is 0.179 e. The van der Waals surface area contributed by atoms with Crippen LogP contribution in [0.1, 0.15) is 23.7 Å². The van der Waals surface area contributed by atoms with Crippen LogP contribution in [0.25, 0.3) is 0 Å². The summed E-state index contributed by atoms with van der Waals surface area (Å²) in [7, 11) is 1.38. The number of hydrogen-bond donors (Lipinski definition) is 0. The van der Waals surface area contributed by atoms with Crippen molar-refractivity contribution in [3.8, 4) is 11.5 Å². The van der Waals surface area contributed by atoms with Crippen LogP contribution in [0.5, 0.6) is 11.5 Å². The van der Waals surface area contributed by atoms with Gasteiger partial charge in [-0.05, 0) is 18.6 Å². The van der Waals surface area contributed by atoms with Crippen molar-refractivity contribution >= 4 is 6.29 Å². The second kappa shape index (κ2) is 5.34. The van der Waals surface area contributed by atoms with Gasteiger partial charge in [-0.2, -0.15) is 0 Å². The second-order valence-corrected chi connectivity index (χ2v) is 2.96. The molecule has 0 unspecified atom stereocenters. The normalized spacial score (nSPS) is 9.80. The highest BCUT2D eigenvalue weighted by Gasteiger charge is 2.14. The van der Waals surface area contributed by atoms with Crippen molar-refractivity contribution in [2.45, 2.75) is 13.3 Å². The Hall–Kier alpha value is -1.58. The third kappa shape index (κ3) is 2.46. The molecule has 0 aliphatic rings. The molecule has 1 rings (SSSR count). The van der Waals surface area contributed by atoms with Gasteiger partial charge < -0.3 is 9.47 Å². The maximum atomic E-state index is 13.6. The van der Waals surface area contributed by atoms with E-state index in [0.29, 0.717) is 12.9 Å². The molecule has 0 heterocycles. The number of aldehydes is 1. The molecule has 82 valence electrons. The summed E-state index contributed by atoms with van der Waals surface area (Å²) in [6, 6.07) is 2.97. The van der Waals surface area contributed by atoms with E-state index < -0.39 is 5.82 Å². The summed E-state index contributed by atoms with van der Waals surface area (Å²) in [4.78, 5) is 10.7. The fraction of sp³-hybridized carbons (Fsp3) is 0.364. The largest absolute Gasteiger partial charge is 0.496 e. The summed E-state index contributed by atoms with van der Waals surface area (Å²) in [5.74, 6) is -0.371. The predicted molar refractivity (Wildman–Crippen MR) is 54.1 cm³/mol. The van der Waals surface area contributed by atoms with E-state index in [1.165, 1.54) is 19.2 Å². The Labute approximate surface area is 87.8 Å². The van der Waals surface area contributed by atoms with E-state index in [9.17, 15) is 9.18 Å². The Morgan fingerprint density at radius 2 is 2.07 bits per heavy atom. The Balaban J connectivity index is 3.05. The van der Waals surface area contributed by atoms with E-state index in [-0.39, 0.29) is 17.1 Å². The SMILES string of the molecule is CCCOc1ccc(OC)c(C=O)c1F. The number of ether oxygens (including phenoxy) is 2. The Bertz CT molecular complexity index is 350. The lowest BCUT2D eigenvalue weighted by Gasteiger charge is -2.09. The van der Waals surface area contributed by atoms with Gasteiger partial charge in [-0.25, -0.2) is 4.39 Å². The first-order valence-electron chi connectivity index (χ1n) is 4.69. The average Bonchev–Trinajstić information content (AvgIpc) is 2.27. The third-order valence-electron chi connectivity index (χ3n) is 1.90. The molecule has 3 nitrogen and oxygen atoms in total. The van der Waals surface area contributed by atoms with E-state index in [2.05, 4.69) is 0 Å². The van der Waals surface area contributed by atoms with E-state index in [4.69, 9.17) is 9.47 Å². The zero-order valence-corrected chi connectivity index (χ0v) is 8.75. The highest BCUT2D eigenvalue weighted by Crippen LogP contribution is 2.27. The van der Waals surface area contributed by atoms with Gasteiger partial charge in [-0.1, -0.05) is 6.92 Å². The molecule has 4 heteroatoms. The van der Waals surface area contributed by atoms with Crippen LogP contribution in [-0.4, -0.2) is 20.0 Å². The van der Waals surface area contributed by atoms with E-state index in [1.807, 2.05) is 6.92 Å². The van der Waals surface area contributed by atoms with Gasteiger partial charge in [0, 0.05) is 0 Å². The smallest absolute Gasteiger partial charge is 0.179 e. The summed E-state index contributed by atoms with van der Waals surface area (Å²) in [5, 5.41) is 0. The number of carbonyl (C=O) groups is 1. The molecule has 0 spiro atoms. The lowest BCUT2D eigenvalue weighted by Crippen LogP contribution is -2.01. The molecule has 1 aromatic rings. The van der Waals surface area contributed by atoms with Gasteiger partial charge in [0.05, 0.1) is 19.3 Å². The molecule has 0 bridgehead atoms. The first kappa shape index (κ1) is 11.5. The molecule has 0 saturated carbocycles. The van der Waals surface area contributed by atoms with Crippen molar-refractivity contribution in [1.82, 2.24) is 0 Å². The number of methoxy groups -OCH3 is 1. The molecule has 0 aliphatic heterocycles. The van der Waals surface area contributed by atoms with Crippen LogP contribution in [-0.2, 0) is 0 Å². The molecule has 15 heavy (non-hydrogen) atoms. The number of hydrogen-bond acceptors (Lipinski definition) is 3. The van der Waals surface area contributed by atoms with E-state index in [1.54, 1.807) is 0 Å². The molecule has 0 atom stereocenters. The van der Waals surface area contributed by atoms with Crippen LogP contribution >= 0.6 is 0 Å². The Morgan fingerprint density at radius 1 is 1.40 bits per heavy atom. The second-order valence-electron chi connectivity index (χ2n) is 2.96. The Morgan fingerprint density at radius 3 is 2.60 bits per heavy atom. The van der Waals surface area contributed by atoms with Crippen molar-refractivity contribution in [2.24, 2.45) is 0 Å². The monoisotopic (exact) mass is 212 g/mol. The van der Waals surface area contributed by atoms with Crippen molar-refractivity contribution in [2.75, 3.05) is 13.7 Å². The number of halogens is 1. The molecule has 1 aromatic carbocycles. The van der Waals surface area contributed by atoms with Gasteiger partial charge in [0.2, 0.25) is 0 Å². The van der Waals surface area contributed by atoms with Gasteiger partial charge in [0.1, 0.15) is 5.75 Å². The fourth-order valence-corrected chi connectivity index (χ4v) is 1.17. The van der Waals surface area contributed by atoms with Gasteiger partial charge in [-0.3, -0.25) is 4.79 Å². The zero-order chi connectivity index (χ0) is 11.3. The van der Waals surface area contributed by atoms with Crippen LogP contribution < -0.4 is 9.47 Å². The van der Waals surface area contributed by atoms with Crippen molar-refractivity contribution in [3.63, 3.8) is 0 Å². The Kier molecular flexibility index (Phi) is 4.09. The van der Waals surface area contributed by atoms with Crippen LogP contribution in [0.15, 0.2) is 12.1 Å². The molecule has 0 amide bonds. The van der Waals surface area contributed by atoms with Gasteiger partial charge in [0.15, 0.2) is 17.9 Å². The quantitative estimate of drug-likeness (QED) is 0.703. The third-order valence-corrected chi connectivity index (χ3v) is 1.90. The van der Waals surface area contributed by atoms with Crippen molar-refractivity contribution < 1.29 is 18.7 Å². The number of benzene rings is 1. The van der Waals surface area contributed by atoms with Gasteiger partial charge in [0.25, 0.3) is 0 Å². The number of rotatable bonds is 5. The predicted octanol–water partition coefficient (Wildman–Crippen LogP) is 2.44. The first-order valence-corrected chi connectivity index (χ1v) is 4.69. The first-order chi connectivity index (χ1) is 7.24. The zero-order valence-electron chi connectivity index (χ0n) is 8.75. The number of carbonyl (C=O) groups excluding carboxylic acids is 1. The van der Waals surface area contributed by atoms with Crippen LogP contribution in [0.2, 0.25) is 0 Å². The van der Waals surface area contributed by atoms with E-state index >= 15 is 0 Å². The summed E-state index contributed by atoms with van der Waals surface area (Å²) < 4.78 is 23.6. The summed E-state index contributed by atoms with van der Waals surface area (Å²) in [5.41, 5.74) is -0.105. The summed E-state index contributed by atoms with van der Waals surface area (Å²) in [6.07, 6.45) is 1.20. The van der Waals surface area contributed by atoms with Crippen LogP contribution in [0.4, 0.5) is 4.39 Å². The molecule has 0 aliphatic carbocycles. The van der Waals surface area contributed by atoms with E-state index in [0.717, 1.165) is 6.42 Å². The highest BCUT2D eigenvalue weighted by atomic mass is 19.1. The minimum Gasteiger partial charge on any atom is -0.496 e. The average molecular weight is 212 g/mol. The molecule has 0 fully saturated rings. The van der Waals surface area contributed by atoms with Crippen molar-refractivity contribution in [1.29, 1.82) is 0 Å². The molecular weight excluding hydrogens is 199 g/mol. The summed E-state index contributed by atoms with van der Waals surface area (Å²) >= 11 is 0. The van der Waals surface area contributed by atoms with Crippen LogP contribution in [0.3, 0.4) is 0 Å². The van der Waals surface area contributed by atoms with Crippen molar-refractivity contribution in [3.05, 3.63) is 23.5 Å². The minimum atomic E-state index is -0.669.